The van der Waals surface area contributed by atoms with Gasteiger partial charge in [0.15, 0.2) is 0 Å². The van der Waals surface area contributed by atoms with Gasteiger partial charge in [0.25, 0.3) is 0 Å². The Morgan fingerprint density at radius 3 is 2.57 bits per heavy atom. The normalized spacial score (nSPS) is 12.2. The lowest BCUT2D eigenvalue weighted by Crippen LogP contribution is -2.05. The first-order chi connectivity index (χ1) is 11.0. The number of carbonyl (C=O) groups is 1. The van der Waals surface area contributed by atoms with Crippen LogP contribution in [0.5, 0.6) is 5.75 Å². The summed E-state index contributed by atoms with van der Waals surface area (Å²) in [6, 6.07) is 5.34. The summed E-state index contributed by atoms with van der Waals surface area (Å²) in [5.41, 5.74) is 3.72. The molecule has 0 aliphatic carbocycles. The highest BCUT2D eigenvalue weighted by Gasteiger charge is 2.09. The summed E-state index contributed by atoms with van der Waals surface area (Å²) >= 11 is 0. The van der Waals surface area contributed by atoms with Gasteiger partial charge in [0.1, 0.15) is 12.4 Å². The van der Waals surface area contributed by atoms with E-state index in [4.69, 9.17) is 14.6 Å². The van der Waals surface area contributed by atoms with Crippen molar-refractivity contribution in [3.05, 3.63) is 52.6 Å². The van der Waals surface area contributed by atoms with Crippen molar-refractivity contribution in [2.75, 3.05) is 20.3 Å². The molecule has 0 saturated carbocycles. The van der Waals surface area contributed by atoms with Gasteiger partial charge in [0.05, 0.1) is 19.3 Å². The van der Waals surface area contributed by atoms with Crippen LogP contribution in [-0.4, -0.2) is 31.4 Å². The van der Waals surface area contributed by atoms with Crippen LogP contribution in [0.2, 0.25) is 0 Å². The van der Waals surface area contributed by atoms with Crippen molar-refractivity contribution in [2.24, 2.45) is 0 Å². The second-order valence-corrected chi connectivity index (χ2v) is 5.58. The van der Waals surface area contributed by atoms with Gasteiger partial charge in [-0.1, -0.05) is 17.7 Å². The van der Waals surface area contributed by atoms with Crippen LogP contribution in [0.1, 0.15) is 42.6 Å². The molecule has 23 heavy (non-hydrogen) atoms. The van der Waals surface area contributed by atoms with Crippen molar-refractivity contribution < 1.29 is 19.4 Å². The van der Waals surface area contributed by atoms with Gasteiger partial charge in [-0.25, -0.2) is 4.79 Å². The number of ether oxygens (including phenoxy) is 2. The van der Waals surface area contributed by atoms with E-state index in [-0.39, 0.29) is 12.6 Å². The van der Waals surface area contributed by atoms with Gasteiger partial charge in [-0.2, -0.15) is 0 Å². The lowest BCUT2D eigenvalue weighted by Gasteiger charge is -2.09. The van der Waals surface area contributed by atoms with Gasteiger partial charge < -0.3 is 14.6 Å². The molecule has 4 heteroatoms. The molecule has 0 aliphatic rings. The number of allylic oxidation sites excluding steroid dienone is 2. The van der Waals surface area contributed by atoms with Crippen molar-refractivity contribution >= 4 is 5.97 Å². The second kappa shape index (κ2) is 9.85. The van der Waals surface area contributed by atoms with E-state index in [1.165, 1.54) is 12.7 Å². The fourth-order valence-electron chi connectivity index (χ4n) is 2.13. The highest BCUT2D eigenvalue weighted by Crippen LogP contribution is 2.18. The predicted molar refractivity (Wildman–Crippen MR) is 91.8 cm³/mol. The molecule has 1 aromatic carbocycles. The number of hydrogen-bond donors (Lipinski definition) is 1. The number of esters is 1. The quantitative estimate of drug-likeness (QED) is 0.585. The Morgan fingerprint density at radius 2 is 1.96 bits per heavy atom. The molecule has 126 valence electrons. The zero-order valence-electron chi connectivity index (χ0n) is 14.4. The van der Waals surface area contributed by atoms with Crippen molar-refractivity contribution in [2.45, 2.75) is 33.6 Å². The van der Waals surface area contributed by atoms with E-state index in [1.54, 1.807) is 12.1 Å². The van der Waals surface area contributed by atoms with Gasteiger partial charge in [-0.15, -0.1) is 0 Å². The maximum Gasteiger partial charge on any atom is 0.338 e. The monoisotopic (exact) mass is 318 g/mol. The number of methoxy groups -OCH3 is 1. The van der Waals surface area contributed by atoms with E-state index in [0.717, 1.165) is 29.7 Å². The summed E-state index contributed by atoms with van der Waals surface area (Å²) in [6.07, 6.45) is 5.83. The third-order valence-electron chi connectivity index (χ3n) is 3.54. The predicted octanol–water partition coefficient (Wildman–Crippen LogP) is 3.83. The highest BCUT2D eigenvalue weighted by molar-refractivity contribution is 5.91. The fraction of sp³-hybridized carbons (Fsp3) is 0.421. The molecule has 1 N–H and O–H groups in total. The Kier molecular flexibility index (Phi) is 8.13. The second-order valence-electron chi connectivity index (χ2n) is 5.58. The first kappa shape index (κ1) is 19.0. The highest BCUT2D eigenvalue weighted by atomic mass is 16.5. The van der Waals surface area contributed by atoms with Crippen molar-refractivity contribution in [3.63, 3.8) is 0 Å². The zero-order valence-corrected chi connectivity index (χ0v) is 14.4. The van der Waals surface area contributed by atoms with Crippen LogP contribution in [0.4, 0.5) is 0 Å². The molecule has 0 fully saturated rings. The molecule has 0 bridgehead atoms. The molecule has 0 amide bonds. The van der Waals surface area contributed by atoms with Gasteiger partial charge in [0, 0.05) is 0 Å². The number of aliphatic hydroxyl groups is 1. The molecule has 0 atom stereocenters. The van der Waals surface area contributed by atoms with E-state index in [9.17, 15) is 4.79 Å². The van der Waals surface area contributed by atoms with E-state index in [2.05, 4.69) is 6.08 Å². The number of aryl methyl sites for hydroxylation is 1. The average molecular weight is 318 g/mol. The minimum Gasteiger partial charge on any atom is -0.489 e. The largest absolute Gasteiger partial charge is 0.489 e. The molecule has 0 saturated heterocycles. The Balaban J connectivity index is 2.53. The molecular weight excluding hydrogens is 292 g/mol. The Labute approximate surface area is 138 Å². The average Bonchev–Trinajstić information content (AvgIpc) is 2.52. The van der Waals surface area contributed by atoms with Gasteiger partial charge in [-0.3, -0.25) is 0 Å². The van der Waals surface area contributed by atoms with Crippen LogP contribution in [-0.2, 0) is 4.74 Å². The third kappa shape index (κ3) is 6.70. The Bertz CT molecular complexity index is 585. The number of carbonyl (C=O) groups excluding carboxylic acids is 1. The van der Waals surface area contributed by atoms with Crippen LogP contribution in [0.15, 0.2) is 41.5 Å². The Hall–Kier alpha value is -2.07. The third-order valence-corrected chi connectivity index (χ3v) is 3.54. The molecule has 1 rings (SSSR count). The summed E-state index contributed by atoms with van der Waals surface area (Å²) in [4.78, 5) is 11.5. The first-order valence-corrected chi connectivity index (χ1v) is 7.71. The lowest BCUT2D eigenvalue weighted by atomic mass is 10.1. The van der Waals surface area contributed by atoms with Gasteiger partial charge >= 0.3 is 5.97 Å². The molecule has 0 spiro atoms. The topological polar surface area (TPSA) is 55.8 Å². The fourth-order valence-corrected chi connectivity index (χ4v) is 2.13. The molecule has 0 heterocycles. The van der Waals surface area contributed by atoms with Gasteiger partial charge in [0.2, 0.25) is 0 Å². The maximum atomic E-state index is 11.5. The summed E-state index contributed by atoms with van der Waals surface area (Å²) < 4.78 is 10.5. The summed E-state index contributed by atoms with van der Waals surface area (Å²) in [7, 11) is 1.37. The van der Waals surface area contributed by atoms with E-state index in [0.29, 0.717) is 12.2 Å². The number of aliphatic hydroxyl groups excluding tert-OH is 1. The zero-order chi connectivity index (χ0) is 17.2. The number of benzene rings is 1. The summed E-state index contributed by atoms with van der Waals surface area (Å²) in [5, 5.41) is 8.81. The van der Waals surface area contributed by atoms with Crippen LogP contribution in [0, 0.1) is 6.92 Å². The van der Waals surface area contributed by atoms with Crippen molar-refractivity contribution in [3.8, 4) is 5.75 Å². The first-order valence-electron chi connectivity index (χ1n) is 7.71. The molecule has 0 unspecified atom stereocenters. The molecule has 1 aromatic rings. The minimum absolute atomic E-state index is 0.0958. The van der Waals surface area contributed by atoms with E-state index >= 15 is 0 Å². The van der Waals surface area contributed by atoms with Crippen LogP contribution < -0.4 is 4.74 Å². The van der Waals surface area contributed by atoms with Crippen LogP contribution in [0.3, 0.4) is 0 Å². The molecule has 0 aliphatic heterocycles. The van der Waals surface area contributed by atoms with Crippen molar-refractivity contribution in [1.82, 2.24) is 0 Å². The SMILES string of the molecule is COC(=O)c1ccc(OC/C(C)=C/CC/C(C)=C/CO)cc1C. The standard InChI is InChI=1S/C19H26O4/c1-14(10-11-20)6-5-7-15(2)13-23-17-8-9-18(16(3)12-17)19(21)22-4/h7-10,12,20H,5-6,11,13H2,1-4H3/b14-10+,15-7+. The number of hydrogen-bond acceptors (Lipinski definition) is 4. The molecule has 4 nitrogen and oxygen atoms in total. The minimum atomic E-state index is -0.337. The van der Waals surface area contributed by atoms with Crippen LogP contribution in [0.25, 0.3) is 0 Å². The van der Waals surface area contributed by atoms with Gasteiger partial charge in [-0.05, 0) is 62.9 Å². The smallest absolute Gasteiger partial charge is 0.338 e. The summed E-state index contributed by atoms with van der Waals surface area (Å²) in [5.74, 6) is 0.399. The lowest BCUT2D eigenvalue weighted by molar-refractivity contribution is 0.0600. The van der Waals surface area contributed by atoms with Crippen LogP contribution >= 0.6 is 0 Å². The molecular formula is C19H26O4. The molecule has 0 aromatic heterocycles. The van der Waals surface area contributed by atoms with E-state index < -0.39 is 0 Å². The maximum absolute atomic E-state index is 11.5. The van der Waals surface area contributed by atoms with E-state index in [1.807, 2.05) is 32.9 Å². The summed E-state index contributed by atoms with van der Waals surface area (Å²) in [6.45, 7) is 6.51. The number of rotatable bonds is 8. The molecule has 0 radical (unpaired) electrons. The van der Waals surface area contributed by atoms with Crippen molar-refractivity contribution in [1.29, 1.82) is 0 Å². The Morgan fingerprint density at radius 1 is 1.22 bits per heavy atom.